The maximum atomic E-state index is 12.5. The summed E-state index contributed by atoms with van der Waals surface area (Å²) >= 11 is 0. The van der Waals surface area contributed by atoms with Crippen molar-refractivity contribution in [3.8, 4) is 0 Å². The van der Waals surface area contributed by atoms with Crippen LogP contribution in [0.15, 0.2) is 78.1 Å². The van der Waals surface area contributed by atoms with E-state index in [0.717, 1.165) is 17.1 Å². The van der Waals surface area contributed by atoms with Crippen LogP contribution < -0.4 is 10.6 Å². The molecule has 6 nitrogen and oxygen atoms in total. The van der Waals surface area contributed by atoms with E-state index in [1.165, 1.54) is 12.2 Å². The Balaban J connectivity index is 1.55. The van der Waals surface area contributed by atoms with E-state index >= 15 is 0 Å². The summed E-state index contributed by atoms with van der Waals surface area (Å²) in [4.78, 5) is 26.9. The van der Waals surface area contributed by atoms with E-state index in [2.05, 4.69) is 10.6 Å². The molecule has 1 fully saturated rings. The molecule has 0 saturated carbocycles. The minimum absolute atomic E-state index is 0.161. The molecule has 0 aromatic heterocycles. The number of hydrogen-bond acceptors (Lipinski definition) is 6. The van der Waals surface area contributed by atoms with Crippen molar-refractivity contribution in [3.05, 3.63) is 78.1 Å². The summed E-state index contributed by atoms with van der Waals surface area (Å²) in [5.41, 5.74) is 3.42. The number of benzene rings is 2. The van der Waals surface area contributed by atoms with E-state index in [1.54, 1.807) is 0 Å². The molecule has 0 bridgehead atoms. The molecular formula is C22H21N3O3. The van der Waals surface area contributed by atoms with Gasteiger partial charge in [0.2, 0.25) is 11.6 Å². The quantitative estimate of drug-likeness (QED) is 0.783. The monoisotopic (exact) mass is 375 g/mol. The highest BCUT2D eigenvalue weighted by Gasteiger charge is 2.28. The maximum absolute atomic E-state index is 12.5. The van der Waals surface area contributed by atoms with E-state index < -0.39 is 0 Å². The summed E-state index contributed by atoms with van der Waals surface area (Å²) in [7, 11) is 0. The Hall–Kier alpha value is -3.38. The van der Waals surface area contributed by atoms with Crippen molar-refractivity contribution in [2.45, 2.75) is 0 Å². The Morgan fingerprint density at radius 2 is 1.29 bits per heavy atom. The second kappa shape index (κ2) is 8.10. The zero-order chi connectivity index (χ0) is 19.3. The first-order chi connectivity index (χ1) is 13.7. The van der Waals surface area contributed by atoms with Crippen LogP contribution in [0.4, 0.5) is 17.1 Å². The fourth-order valence-corrected chi connectivity index (χ4v) is 3.24. The number of ketones is 2. The van der Waals surface area contributed by atoms with E-state index in [1.807, 2.05) is 59.5 Å². The Labute approximate surface area is 163 Å². The standard InChI is InChI=1S/C22H21N3O3/c26-19-10-11-20(27)22(25-12-14-28-15-13-25)21(19)24-18-8-6-17(7-9-18)23-16-4-2-1-3-5-16/h1-11,23-24H,12-15H2. The molecule has 0 amide bonds. The number of ether oxygens (including phenoxy) is 1. The van der Waals surface area contributed by atoms with Gasteiger partial charge in [-0.15, -0.1) is 0 Å². The van der Waals surface area contributed by atoms with Crippen LogP contribution >= 0.6 is 0 Å². The highest BCUT2D eigenvalue weighted by Crippen LogP contribution is 2.24. The minimum Gasteiger partial charge on any atom is -0.378 e. The van der Waals surface area contributed by atoms with Crippen LogP contribution in [0, 0.1) is 0 Å². The van der Waals surface area contributed by atoms with E-state index in [0.29, 0.717) is 37.7 Å². The van der Waals surface area contributed by atoms with Gasteiger partial charge < -0.3 is 20.3 Å². The van der Waals surface area contributed by atoms with Gasteiger partial charge in [-0.25, -0.2) is 0 Å². The number of morpholine rings is 1. The fourth-order valence-electron chi connectivity index (χ4n) is 3.24. The smallest absolute Gasteiger partial charge is 0.204 e. The highest BCUT2D eigenvalue weighted by atomic mass is 16.5. The van der Waals surface area contributed by atoms with E-state index in [9.17, 15) is 9.59 Å². The Morgan fingerprint density at radius 1 is 0.714 bits per heavy atom. The number of carbonyl (C=O) groups excluding carboxylic acids is 2. The molecule has 1 heterocycles. The molecule has 0 unspecified atom stereocenters. The van der Waals surface area contributed by atoms with Crippen LogP contribution in [0.3, 0.4) is 0 Å². The lowest BCUT2D eigenvalue weighted by atomic mass is 10.0. The number of nitrogens with one attached hydrogen (secondary N) is 2. The van der Waals surface area contributed by atoms with Gasteiger partial charge >= 0.3 is 0 Å². The van der Waals surface area contributed by atoms with Crippen LogP contribution in [-0.4, -0.2) is 42.8 Å². The van der Waals surface area contributed by atoms with Gasteiger partial charge in [0.1, 0.15) is 11.4 Å². The number of nitrogens with zero attached hydrogens (tertiary/aromatic N) is 1. The Bertz CT molecular complexity index is 927. The van der Waals surface area contributed by atoms with Crippen molar-refractivity contribution in [2.24, 2.45) is 0 Å². The summed E-state index contributed by atoms with van der Waals surface area (Å²) in [6, 6.07) is 17.5. The summed E-state index contributed by atoms with van der Waals surface area (Å²) < 4.78 is 5.36. The lowest BCUT2D eigenvalue weighted by molar-refractivity contribution is -0.116. The van der Waals surface area contributed by atoms with Crippen LogP contribution in [0.5, 0.6) is 0 Å². The third kappa shape index (κ3) is 3.97. The zero-order valence-electron chi connectivity index (χ0n) is 15.4. The van der Waals surface area contributed by atoms with Crippen molar-refractivity contribution in [1.82, 2.24) is 4.90 Å². The zero-order valence-corrected chi connectivity index (χ0v) is 15.4. The van der Waals surface area contributed by atoms with Crippen molar-refractivity contribution in [2.75, 3.05) is 36.9 Å². The van der Waals surface area contributed by atoms with Gasteiger partial charge in [-0.05, 0) is 48.6 Å². The Morgan fingerprint density at radius 3 is 1.96 bits per heavy atom. The molecule has 142 valence electrons. The van der Waals surface area contributed by atoms with Crippen LogP contribution in [-0.2, 0) is 14.3 Å². The molecule has 0 atom stereocenters. The number of anilines is 3. The normalized spacial score (nSPS) is 17.1. The van der Waals surface area contributed by atoms with Crippen LogP contribution in [0.1, 0.15) is 0 Å². The molecule has 2 aliphatic rings. The van der Waals surface area contributed by atoms with Crippen molar-refractivity contribution in [1.29, 1.82) is 0 Å². The predicted molar refractivity (Wildman–Crippen MR) is 108 cm³/mol. The number of allylic oxidation sites excluding steroid dienone is 2. The summed E-state index contributed by atoms with van der Waals surface area (Å²) in [5, 5.41) is 6.46. The van der Waals surface area contributed by atoms with Crippen molar-refractivity contribution in [3.63, 3.8) is 0 Å². The number of para-hydroxylation sites is 1. The molecule has 1 aliphatic carbocycles. The summed E-state index contributed by atoms with van der Waals surface area (Å²) in [5.74, 6) is -0.362. The fraction of sp³-hybridized carbons (Fsp3) is 0.182. The first kappa shape index (κ1) is 18.0. The molecule has 1 aliphatic heterocycles. The van der Waals surface area contributed by atoms with Gasteiger partial charge in [-0.2, -0.15) is 0 Å². The lowest BCUT2D eigenvalue weighted by Gasteiger charge is -2.32. The topological polar surface area (TPSA) is 70.7 Å². The van der Waals surface area contributed by atoms with Crippen molar-refractivity contribution < 1.29 is 14.3 Å². The third-order valence-electron chi connectivity index (χ3n) is 4.65. The second-order valence-corrected chi connectivity index (χ2v) is 6.58. The minimum atomic E-state index is -0.201. The average molecular weight is 375 g/mol. The molecule has 0 radical (unpaired) electrons. The molecule has 2 aromatic carbocycles. The second-order valence-electron chi connectivity index (χ2n) is 6.58. The van der Waals surface area contributed by atoms with Gasteiger partial charge in [0.25, 0.3) is 0 Å². The first-order valence-corrected chi connectivity index (χ1v) is 9.23. The molecule has 0 spiro atoms. The lowest BCUT2D eigenvalue weighted by Crippen LogP contribution is -2.40. The summed E-state index contributed by atoms with van der Waals surface area (Å²) in [6.45, 7) is 2.27. The van der Waals surface area contributed by atoms with E-state index in [4.69, 9.17) is 4.74 Å². The number of hydrogen-bond donors (Lipinski definition) is 2. The summed E-state index contributed by atoms with van der Waals surface area (Å²) in [6.07, 6.45) is 2.66. The maximum Gasteiger partial charge on any atom is 0.204 e. The molecule has 4 rings (SSSR count). The molecule has 1 saturated heterocycles. The van der Waals surface area contributed by atoms with Crippen LogP contribution in [0.25, 0.3) is 0 Å². The molecule has 2 N–H and O–H groups in total. The molecule has 28 heavy (non-hydrogen) atoms. The number of rotatable bonds is 5. The van der Waals surface area contributed by atoms with Crippen molar-refractivity contribution >= 4 is 28.6 Å². The molecule has 6 heteroatoms. The van der Waals surface area contributed by atoms with Gasteiger partial charge in [-0.1, -0.05) is 18.2 Å². The molecular weight excluding hydrogens is 354 g/mol. The molecule has 2 aromatic rings. The van der Waals surface area contributed by atoms with Gasteiger partial charge in [-0.3, -0.25) is 9.59 Å². The first-order valence-electron chi connectivity index (χ1n) is 9.23. The van der Waals surface area contributed by atoms with Crippen LogP contribution in [0.2, 0.25) is 0 Å². The largest absolute Gasteiger partial charge is 0.378 e. The Kier molecular flexibility index (Phi) is 5.21. The third-order valence-corrected chi connectivity index (χ3v) is 4.65. The average Bonchev–Trinajstić information content (AvgIpc) is 2.74. The van der Waals surface area contributed by atoms with Gasteiger partial charge in [0, 0.05) is 30.2 Å². The van der Waals surface area contributed by atoms with E-state index in [-0.39, 0.29) is 11.6 Å². The van der Waals surface area contributed by atoms with Gasteiger partial charge in [0.05, 0.1) is 13.2 Å². The SMILES string of the molecule is O=C1C=CC(=O)C(N2CCOCC2)=C1Nc1ccc(Nc2ccccc2)cc1. The number of carbonyl (C=O) groups is 2. The predicted octanol–water partition coefficient (Wildman–Crippen LogP) is 3.09. The highest BCUT2D eigenvalue weighted by molar-refractivity contribution is 6.20. The van der Waals surface area contributed by atoms with Gasteiger partial charge in [0.15, 0.2) is 0 Å².